The lowest BCUT2D eigenvalue weighted by Crippen LogP contribution is -2.26. The van der Waals surface area contributed by atoms with Crippen molar-refractivity contribution in [1.82, 2.24) is 14.9 Å². The molecule has 2 radical (unpaired) electrons. The molecule has 0 saturated carbocycles. The zero-order valence-corrected chi connectivity index (χ0v) is 16.3. The van der Waals surface area contributed by atoms with Gasteiger partial charge in [-0.05, 0) is 36.4 Å². The Kier molecular flexibility index (Phi) is 5.87. The average molecular weight is 416 g/mol. The first-order valence-electron chi connectivity index (χ1n) is 8.10. The van der Waals surface area contributed by atoms with Crippen molar-refractivity contribution in [2.75, 3.05) is 11.9 Å². The molecule has 2 N–H and O–H groups in total. The Bertz CT molecular complexity index is 1120. The molecule has 1 heterocycles. The van der Waals surface area contributed by atoms with E-state index < -0.39 is 15.9 Å². The molecule has 1 aromatic heterocycles. The molecule has 11 heteroatoms. The van der Waals surface area contributed by atoms with Crippen LogP contribution in [0.25, 0.3) is 10.6 Å². The maximum atomic E-state index is 13.0. The fraction of sp³-hybridized carbons (Fsp3) is 0.118. The van der Waals surface area contributed by atoms with Gasteiger partial charge in [-0.1, -0.05) is 29.8 Å². The lowest BCUT2D eigenvalue weighted by Gasteiger charge is -2.09. The molecule has 0 fully saturated rings. The largest absolute Gasteiger partial charge is 0.296 e. The van der Waals surface area contributed by atoms with Crippen LogP contribution in [0.5, 0.6) is 0 Å². The first-order chi connectivity index (χ1) is 13.3. The summed E-state index contributed by atoms with van der Waals surface area (Å²) in [5, 5.41) is 11.1. The summed E-state index contributed by atoms with van der Waals surface area (Å²) in [6, 6.07) is 9.57. The van der Waals surface area contributed by atoms with Crippen LogP contribution in [0.3, 0.4) is 0 Å². The van der Waals surface area contributed by atoms with Crippen LogP contribution in [0.2, 0.25) is 0 Å². The Hall–Kier alpha value is -2.63. The number of benzene rings is 2. The number of anilines is 1. The van der Waals surface area contributed by atoms with Gasteiger partial charge >= 0.3 is 0 Å². The van der Waals surface area contributed by atoms with Crippen molar-refractivity contribution < 1.29 is 17.6 Å². The zero-order valence-electron chi connectivity index (χ0n) is 14.6. The van der Waals surface area contributed by atoms with Crippen LogP contribution < -0.4 is 15.5 Å². The van der Waals surface area contributed by atoms with Crippen LogP contribution in [-0.4, -0.2) is 38.9 Å². The molecule has 142 valence electrons. The van der Waals surface area contributed by atoms with Crippen LogP contribution in [0.1, 0.15) is 17.3 Å². The molecule has 0 aliphatic rings. The van der Waals surface area contributed by atoms with E-state index in [0.717, 1.165) is 11.3 Å². The number of carbonyl (C=O) groups is 1. The second kappa shape index (κ2) is 8.17. The van der Waals surface area contributed by atoms with E-state index in [4.69, 9.17) is 7.85 Å². The van der Waals surface area contributed by atoms with E-state index in [1.165, 1.54) is 30.3 Å². The van der Waals surface area contributed by atoms with Crippen LogP contribution in [-0.2, 0) is 10.0 Å². The minimum absolute atomic E-state index is 0.00231. The predicted molar refractivity (Wildman–Crippen MR) is 106 cm³/mol. The Labute approximate surface area is 166 Å². The zero-order chi connectivity index (χ0) is 20.3. The number of nitrogens with one attached hydrogen (secondary N) is 2. The highest BCUT2D eigenvalue weighted by atomic mass is 32.2. The van der Waals surface area contributed by atoms with Crippen LogP contribution >= 0.6 is 11.3 Å². The standard InChI is InChI=1S/C17H14BFN4O3S2/c1-2-20-28(25,26)12-7-8-14(18)13(9-12)15(24)21-17-23-22-16(27-17)10-3-5-11(19)6-4-10/h3-9,20H,2H2,1H3,(H,21,23,24). The Morgan fingerprint density at radius 2 is 1.89 bits per heavy atom. The van der Waals surface area contributed by atoms with Gasteiger partial charge in [0, 0.05) is 17.7 Å². The van der Waals surface area contributed by atoms with Gasteiger partial charge in [0.25, 0.3) is 5.91 Å². The summed E-state index contributed by atoms with van der Waals surface area (Å²) >= 11 is 1.09. The minimum Gasteiger partial charge on any atom is -0.296 e. The summed E-state index contributed by atoms with van der Waals surface area (Å²) in [6.07, 6.45) is 0. The molecule has 0 bridgehead atoms. The fourth-order valence-corrected chi connectivity index (χ4v) is 4.13. The van der Waals surface area contributed by atoms with Crippen LogP contribution in [0.4, 0.5) is 9.52 Å². The van der Waals surface area contributed by atoms with Crippen molar-refractivity contribution in [2.24, 2.45) is 0 Å². The maximum Gasteiger partial charge on any atom is 0.256 e. The summed E-state index contributed by atoms with van der Waals surface area (Å²) in [7, 11) is 2.09. The van der Waals surface area contributed by atoms with E-state index in [-0.39, 0.29) is 33.4 Å². The van der Waals surface area contributed by atoms with E-state index >= 15 is 0 Å². The van der Waals surface area contributed by atoms with E-state index in [2.05, 4.69) is 20.2 Å². The third kappa shape index (κ3) is 4.43. The first kappa shape index (κ1) is 20.1. The predicted octanol–water partition coefficient (Wildman–Crippen LogP) is 1.69. The summed E-state index contributed by atoms with van der Waals surface area (Å²) in [5.74, 6) is -0.988. The highest BCUT2D eigenvalue weighted by Gasteiger charge is 2.18. The van der Waals surface area contributed by atoms with Crippen molar-refractivity contribution in [2.45, 2.75) is 11.8 Å². The fourth-order valence-electron chi connectivity index (χ4n) is 2.32. The number of nitrogens with zero attached hydrogens (tertiary/aromatic N) is 2. The second-order valence-corrected chi connectivity index (χ2v) is 8.37. The number of halogens is 1. The van der Waals surface area contributed by atoms with Gasteiger partial charge in [-0.15, -0.1) is 10.2 Å². The summed E-state index contributed by atoms with van der Waals surface area (Å²) in [4.78, 5) is 12.5. The number of amides is 1. The van der Waals surface area contributed by atoms with Gasteiger partial charge in [-0.25, -0.2) is 17.5 Å². The SMILES string of the molecule is [B]c1ccc(S(=O)(=O)NCC)cc1C(=O)Nc1nnc(-c2ccc(F)cc2)s1. The van der Waals surface area contributed by atoms with E-state index in [1.54, 1.807) is 19.1 Å². The normalized spacial score (nSPS) is 11.4. The highest BCUT2D eigenvalue weighted by molar-refractivity contribution is 7.89. The average Bonchev–Trinajstić information content (AvgIpc) is 3.10. The number of hydrogen-bond donors (Lipinski definition) is 2. The molecule has 7 nitrogen and oxygen atoms in total. The number of carbonyl (C=O) groups excluding carboxylic acids is 1. The third-order valence-corrected chi connectivity index (χ3v) is 6.08. The van der Waals surface area contributed by atoms with Gasteiger partial charge in [-0.2, -0.15) is 0 Å². The van der Waals surface area contributed by atoms with Crippen molar-refractivity contribution in [3.05, 3.63) is 53.8 Å². The number of rotatable bonds is 6. The van der Waals surface area contributed by atoms with Gasteiger partial charge in [-0.3, -0.25) is 10.1 Å². The first-order valence-corrected chi connectivity index (χ1v) is 10.4. The molecule has 28 heavy (non-hydrogen) atoms. The molecule has 0 atom stereocenters. The summed E-state index contributed by atoms with van der Waals surface area (Å²) in [5.41, 5.74) is 0.770. The monoisotopic (exact) mass is 416 g/mol. The van der Waals surface area contributed by atoms with E-state index in [9.17, 15) is 17.6 Å². The van der Waals surface area contributed by atoms with E-state index in [0.29, 0.717) is 10.6 Å². The smallest absolute Gasteiger partial charge is 0.256 e. The number of aromatic nitrogens is 2. The molecule has 0 unspecified atom stereocenters. The van der Waals surface area contributed by atoms with Crippen molar-refractivity contribution in [3.63, 3.8) is 0 Å². The minimum atomic E-state index is -3.73. The van der Waals surface area contributed by atoms with Gasteiger partial charge < -0.3 is 0 Å². The van der Waals surface area contributed by atoms with E-state index in [1.807, 2.05) is 0 Å². The molecule has 0 aliphatic heterocycles. The van der Waals surface area contributed by atoms with Crippen LogP contribution in [0, 0.1) is 5.82 Å². The summed E-state index contributed by atoms with van der Waals surface area (Å²) < 4.78 is 39.6. The molecule has 0 aliphatic carbocycles. The molecule has 2 aromatic carbocycles. The third-order valence-electron chi connectivity index (χ3n) is 3.65. The van der Waals surface area contributed by atoms with Gasteiger partial charge in [0.05, 0.1) is 4.90 Å². The van der Waals surface area contributed by atoms with Crippen molar-refractivity contribution >= 4 is 45.7 Å². The van der Waals surface area contributed by atoms with Crippen molar-refractivity contribution in [1.29, 1.82) is 0 Å². The summed E-state index contributed by atoms with van der Waals surface area (Å²) in [6.45, 7) is 1.86. The maximum absolute atomic E-state index is 13.0. The Balaban J connectivity index is 1.83. The van der Waals surface area contributed by atoms with Crippen molar-refractivity contribution in [3.8, 4) is 10.6 Å². The quantitative estimate of drug-likeness (QED) is 0.596. The Morgan fingerprint density at radius 3 is 2.57 bits per heavy atom. The lowest BCUT2D eigenvalue weighted by atomic mass is 9.90. The van der Waals surface area contributed by atoms with Gasteiger partial charge in [0.2, 0.25) is 15.2 Å². The Morgan fingerprint density at radius 1 is 1.18 bits per heavy atom. The second-order valence-electron chi connectivity index (χ2n) is 5.62. The molecule has 1 amide bonds. The topological polar surface area (TPSA) is 101 Å². The molecule has 3 aromatic rings. The lowest BCUT2D eigenvalue weighted by molar-refractivity contribution is 0.102. The number of hydrogen-bond acceptors (Lipinski definition) is 6. The van der Waals surface area contributed by atoms with Crippen LogP contribution in [0.15, 0.2) is 47.4 Å². The molecule has 0 saturated heterocycles. The highest BCUT2D eigenvalue weighted by Crippen LogP contribution is 2.26. The van der Waals surface area contributed by atoms with Gasteiger partial charge in [0.15, 0.2) is 0 Å². The molecular formula is C17H14BFN4O3S2. The molecule has 0 spiro atoms. The molecular weight excluding hydrogens is 402 g/mol. The van der Waals surface area contributed by atoms with Gasteiger partial charge in [0.1, 0.15) is 18.7 Å². The molecule has 3 rings (SSSR count). The number of sulfonamides is 1.